The fourth-order valence-electron chi connectivity index (χ4n) is 3.71. The van der Waals surface area contributed by atoms with Gasteiger partial charge >= 0.3 is 7.60 Å². The highest BCUT2D eigenvalue weighted by Gasteiger charge is 2.48. The molecule has 0 aromatic heterocycles. The van der Waals surface area contributed by atoms with Crippen LogP contribution in [0.25, 0.3) is 0 Å². The minimum Gasteiger partial charge on any atom is -0.304 e. The number of benzene rings is 2. The molecule has 126 valence electrons. The third kappa shape index (κ3) is 3.19. The van der Waals surface area contributed by atoms with Crippen LogP contribution in [-0.4, -0.2) is 17.6 Å². The first-order valence-electron chi connectivity index (χ1n) is 8.34. The van der Waals surface area contributed by atoms with Crippen molar-refractivity contribution in [3.8, 4) is 0 Å². The monoisotopic (exact) mass is 362 g/mol. The van der Waals surface area contributed by atoms with Crippen molar-refractivity contribution in [1.29, 1.82) is 0 Å². The smallest absolute Gasteiger partial charge is 0.304 e. The molecule has 2 aromatic rings. The van der Waals surface area contributed by atoms with Gasteiger partial charge in [0.1, 0.15) is 5.66 Å². The molecule has 0 radical (unpaired) electrons. The van der Waals surface area contributed by atoms with Gasteiger partial charge < -0.3 is 9.05 Å². The molecule has 0 N–H and O–H groups in total. The van der Waals surface area contributed by atoms with Gasteiger partial charge in [0, 0.05) is 11.8 Å². The Morgan fingerprint density at radius 1 is 0.833 bits per heavy atom. The van der Waals surface area contributed by atoms with Crippen LogP contribution in [0, 0.1) is 0 Å². The summed E-state index contributed by atoms with van der Waals surface area (Å²) in [5, 5.41) is 0.0365. The molecule has 2 aromatic carbocycles. The Balaban J connectivity index is 1.75. The zero-order valence-corrected chi connectivity index (χ0v) is 14.9. The van der Waals surface area contributed by atoms with Crippen molar-refractivity contribution >= 4 is 19.2 Å². The Morgan fingerprint density at radius 2 is 1.29 bits per heavy atom. The van der Waals surface area contributed by atoms with Crippen molar-refractivity contribution in [2.45, 2.75) is 42.5 Å². The molecule has 0 amide bonds. The second-order valence-corrected chi connectivity index (χ2v) is 9.16. The van der Waals surface area contributed by atoms with Crippen LogP contribution < -0.4 is 0 Å². The van der Waals surface area contributed by atoms with Crippen LogP contribution in [-0.2, 0) is 13.6 Å². The molecule has 3 nitrogen and oxygen atoms in total. The van der Waals surface area contributed by atoms with Gasteiger partial charge in [0.15, 0.2) is 0 Å². The number of hydrogen-bond donors (Lipinski definition) is 0. The minimum absolute atomic E-state index is 0.0365. The summed E-state index contributed by atoms with van der Waals surface area (Å²) >= 11 is 6.28. The summed E-state index contributed by atoms with van der Waals surface area (Å²) in [4.78, 5) is 0. The second-order valence-electron chi connectivity index (χ2n) is 6.52. The Morgan fingerprint density at radius 3 is 1.75 bits per heavy atom. The van der Waals surface area contributed by atoms with Crippen molar-refractivity contribution in [1.82, 2.24) is 0 Å². The van der Waals surface area contributed by atoms with Crippen LogP contribution in [0.4, 0.5) is 0 Å². The number of halogens is 1. The molecule has 1 aliphatic carbocycles. The Labute approximate surface area is 147 Å². The van der Waals surface area contributed by atoms with Crippen molar-refractivity contribution in [2.75, 3.05) is 0 Å². The second kappa shape index (κ2) is 6.65. The predicted molar refractivity (Wildman–Crippen MR) is 95.6 cm³/mol. The Kier molecular flexibility index (Phi) is 4.53. The number of hydrogen-bond acceptors (Lipinski definition) is 3. The number of alkyl halides is 1. The van der Waals surface area contributed by atoms with E-state index in [1.807, 2.05) is 60.7 Å². The first kappa shape index (κ1) is 16.4. The largest absolute Gasteiger partial charge is 0.342 e. The minimum atomic E-state index is -3.33. The third-order valence-corrected chi connectivity index (χ3v) is 7.47. The van der Waals surface area contributed by atoms with Gasteiger partial charge in [-0.05, 0) is 24.0 Å². The topological polar surface area (TPSA) is 35.5 Å². The lowest BCUT2D eigenvalue weighted by atomic mass is 9.95. The lowest BCUT2D eigenvalue weighted by Crippen LogP contribution is -2.38. The standard InChI is InChI=1S/C19H20ClO3P/c20-16-11-17-13-18(12-16)23-24(21,22-17)19(14-7-3-1-4-8-14)15-9-5-2-6-10-15/h1-10,16-19H,11-13H2/t16?,17-,18-,24?/m0/s1. The third-order valence-electron chi connectivity index (χ3n) is 4.70. The normalized spacial score (nSPS) is 32.7. The van der Waals surface area contributed by atoms with Gasteiger partial charge in [0.05, 0.1) is 12.2 Å². The van der Waals surface area contributed by atoms with Gasteiger partial charge in [-0.15, -0.1) is 11.6 Å². The first-order chi connectivity index (χ1) is 11.6. The van der Waals surface area contributed by atoms with Crippen molar-refractivity contribution in [3.63, 3.8) is 0 Å². The molecule has 0 unspecified atom stereocenters. The van der Waals surface area contributed by atoms with Crippen molar-refractivity contribution < 1.29 is 13.6 Å². The lowest BCUT2D eigenvalue weighted by molar-refractivity contribution is -0.00182. The maximum atomic E-state index is 13.8. The summed E-state index contributed by atoms with van der Waals surface area (Å²) in [7, 11) is -3.33. The maximum Gasteiger partial charge on any atom is 0.342 e. The fraction of sp³-hybridized carbons (Fsp3) is 0.368. The van der Waals surface area contributed by atoms with E-state index in [1.54, 1.807) is 0 Å². The summed E-state index contributed by atoms with van der Waals surface area (Å²) in [6.45, 7) is 0. The van der Waals surface area contributed by atoms with E-state index in [0.29, 0.717) is 0 Å². The van der Waals surface area contributed by atoms with Crippen molar-refractivity contribution in [3.05, 3.63) is 71.8 Å². The van der Waals surface area contributed by atoms with E-state index < -0.39 is 13.3 Å². The molecule has 2 bridgehead atoms. The van der Waals surface area contributed by atoms with E-state index in [9.17, 15) is 4.57 Å². The first-order valence-corrected chi connectivity index (χ1v) is 10.4. The predicted octanol–water partition coefficient (Wildman–Crippen LogP) is 5.54. The summed E-state index contributed by atoms with van der Waals surface area (Å²) in [5.74, 6) is 0. The molecule has 1 heterocycles. The fourth-order valence-corrected chi connectivity index (χ4v) is 6.66. The zero-order valence-electron chi connectivity index (χ0n) is 13.3. The molecule has 1 saturated heterocycles. The average molecular weight is 363 g/mol. The van der Waals surface area contributed by atoms with Crippen LogP contribution >= 0.6 is 19.2 Å². The number of fused-ring (bicyclic) bond motifs is 2. The summed E-state index contributed by atoms with van der Waals surface area (Å²) in [6.07, 6.45) is 2.09. The van der Waals surface area contributed by atoms with Gasteiger partial charge in [0.2, 0.25) is 0 Å². The van der Waals surface area contributed by atoms with Gasteiger partial charge in [-0.25, -0.2) is 0 Å². The number of rotatable bonds is 3. The molecule has 2 fully saturated rings. The van der Waals surface area contributed by atoms with Crippen molar-refractivity contribution in [2.24, 2.45) is 0 Å². The summed E-state index contributed by atoms with van der Waals surface area (Å²) in [6, 6.07) is 19.7. The van der Waals surface area contributed by atoms with E-state index in [0.717, 1.165) is 30.4 Å². The molecule has 4 rings (SSSR count). The SMILES string of the molecule is O=P1(C(c2ccccc2)c2ccccc2)O[C@H]2CC(Cl)C[C@@H](C2)O1. The van der Waals surface area contributed by atoms with Crippen LogP contribution in [0.3, 0.4) is 0 Å². The molecule has 5 heteroatoms. The lowest BCUT2D eigenvalue weighted by Gasteiger charge is -2.43. The van der Waals surface area contributed by atoms with Crippen LogP contribution in [0.2, 0.25) is 0 Å². The maximum absolute atomic E-state index is 13.8. The van der Waals surface area contributed by atoms with E-state index >= 15 is 0 Å². The van der Waals surface area contributed by atoms with E-state index in [1.165, 1.54) is 0 Å². The quantitative estimate of drug-likeness (QED) is 0.531. The Bertz CT molecular complexity index is 675. The summed E-state index contributed by atoms with van der Waals surface area (Å²) in [5.41, 5.74) is 1.50. The molecule has 24 heavy (non-hydrogen) atoms. The Hall–Kier alpha value is -1.12. The van der Waals surface area contributed by atoms with E-state index in [4.69, 9.17) is 20.6 Å². The molecular weight excluding hydrogens is 343 g/mol. The average Bonchev–Trinajstić information content (AvgIpc) is 2.55. The molecule has 2 aliphatic rings. The van der Waals surface area contributed by atoms with Gasteiger partial charge in [-0.1, -0.05) is 60.7 Å². The van der Waals surface area contributed by atoms with Crippen LogP contribution in [0.5, 0.6) is 0 Å². The zero-order chi connectivity index (χ0) is 16.6. The highest BCUT2D eigenvalue weighted by Crippen LogP contribution is 2.68. The molecule has 0 spiro atoms. The highest BCUT2D eigenvalue weighted by atomic mass is 35.5. The van der Waals surface area contributed by atoms with Crippen LogP contribution in [0.15, 0.2) is 60.7 Å². The molecule has 1 aliphatic heterocycles. The molecule has 2 atom stereocenters. The van der Waals surface area contributed by atoms with E-state index in [2.05, 4.69) is 0 Å². The van der Waals surface area contributed by atoms with Gasteiger partial charge in [0.25, 0.3) is 0 Å². The van der Waals surface area contributed by atoms with Gasteiger partial charge in [-0.3, -0.25) is 4.57 Å². The van der Waals surface area contributed by atoms with E-state index in [-0.39, 0.29) is 17.6 Å². The van der Waals surface area contributed by atoms with Crippen LogP contribution in [0.1, 0.15) is 36.0 Å². The molecular formula is C19H20ClO3P. The molecule has 1 saturated carbocycles. The summed E-state index contributed by atoms with van der Waals surface area (Å²) < 4.78 is 25.8. The van der Waals surface area contributed by atoms with Gasteiger partial charge in [-0.2, -0.15) is 0 Å². The highest BCUT2D eigenvalue weighted by molar-refractivity contribution is 7.54.